The van der Waals surface area contributed by atoms with Gasteiger partial charge in [0.15, 0.2) is 0 Å². The number of anilines is 2. The molecular weight excluding hydrogens is 378 g/mol. The summed E-state index contributed by atoms with van der Waals surface area (Å²) in [5.41, 5.74) is 4.96. The molecule has 0 atom stereocenters. The number of halogens is 1. The first-order chi connectivity index (χ1) is 13.4. The second-order valence-electron chi connectivity index (χ2n) is 6.35. The molecule has 7 heteroatoms. The summed E-state index contributed by atoms with van der Waals surface area (Å²) in [6.45, 7) is 3.89. The number of aromatic nitrogens is 2. The molecule has 0 fully saturated rings. The van der Waals surface area contributed by atoms with Crippen LogP contribution in [-0.2, 0) is 11.2 Å². The Morgan fingerprint density at radius 2 is 1.86 bits per heavy atom. The van der Waals surface area contributed by atoms with E-state index in [9.17, 15) is 4.79 Å². The lowest BCUT2D eigenvalue weighted by Gasteiger charge is -2.13. The van der Waals surface area contributed by atoms with E-state index in [1.165, 1.54) is 0 Å². The van der Waals surface area contributed by atoms with Crippen molar-refractivity contribution in [2.75, 3.05) is 12.4 Å². The Labute approximate surface area is 168 Å². The second kappa shape index (κ2) is 8.27. The molecule has 6 nitrogen and oxygen atoms in total. The highest BCUT2D eigenvalue weighted by molar-refractivity contribution is 6.32. The highest BCUT2D eigenvalue weighted by Crippen LogP contribution is 2.32. The lowest BCUT2D eigenvalue weighted by molar-refractivity contribution is -0.136. The largest absolute Gasteiger partial charge is 0.495 e. The van der Waals surface area contributed by atoms with E-state index in [1.54, 1.807) is 31.4 Å². The van der Waals surface area contributed by atoms with E-state index in [-0.39, 0.29) is 6.42 Å². The van der Waals surface area contributed by atoms with Crippen LogP contribution in [0.3, 0.4) is 0 Å². The molecule has 1 heterocycles. The van der Waals surface area contributed by atoms with Crippen molar-refractivity contribution in [3.05, 3.63) is 64.3 Å². The lowest BCUT2D eigenvalue weighted by atomic mass is 10.1. The van der Waals surface area contributed by atoms with E-state index < -0.39 is 5.97 Å². The third-order valence-electron chi connectivity index (χ3n) is 4.38. The number of aliphatic carboxylic acids is 1. The van der Waals surface area contributed by atoms with Crippen LogP contribution in [0, 0.1) is 13.8 Å². The van der Waals surface area contributed by atoms with Gasteiger partial charge in [0.1, 0.15) is 5.75 Å². The molecule has 144 valence electrons. The highest BCUT2D eigenvalue weighted by atomic mass is 35.5. The number of hydrogen-bond donors (Lipinski definition) is 2. The number of rotatable bonds is 6. The van der Waals surface area contributed by atoms with Gasteiger partial charge in [-0.1, -0.05) is 23.7 Å². The van der Waals surface area contributed by atoms with Gasteiger partial charge in [0.05, 0.1) is 24.2 Å². The number of methoxy groups -OCH3 is 1. The van der Waals surface area contributed by atoms with Crippen LogP contribution in [0.25, 0.3) is 11.3 Å². The second-order valence-corrected chi connectivity index (χ2v) is 6.76. The van der Waals surface area contributed by atoms with Gasteiger partial charge in [0.25, 0.3) is 0 Å². The molecule has 1 aromatic heterocycles. The molecule has 2 aromatic carbocycles. The van der Waals surface area contributed by atoms with E-state index in [4.69, 9.17) is 21.4 Å². The van der Waals surface area contributed by atoms with E-state index in [2.05, 4.69) is 15.3 Å². The van der Waals surface area contributed by atoms with Gasteiger partial charge in [-0.05, 0) is 55.3 Å². The van der Waals surface area contributed by atoms with Crippen molar-refractivity contribution >= 4 is 29.2 Å². The van der Waals surface area contributed by atoms with Gasteiger partial charge in [-0.3, -0.25) is 4.79 Å². The van der Waals surface area contributed by atoms with Crippen LogP contribution < -0.4 is 10.1 Å². The predicted molar refractivity (Wildman–Crippen MR) is 110 cm³/mol. The Morgan fingerprint density at radius 1 is 1.14 bits per heavy atom. The average Bonchev–Trinajstić information content (AvgIpc) is 2.65. The number of nitrogens with one attached hydrogen (secondary N) is 1. The van der Waals surface area contributed by atoms with Crippen LogP contribution in [0.1, 0.15) is 16.8 Å². The summed E-state index contributed by atoms with van der Waals surface area (Å²) in [5, 5.41) is 12.6. The third kappa shape index (κ3) is 4.40. The minimum absolute atomic E-state index is 0.0111. The number of aryl methyl sites for hydroxylation is 1. The summed E-state index contributed by atoms with van der Waals surface area (Å²) < 4.78 is 5.21. The molecule has 0 aliphatic heterocycles. The summed E-state index contributed by atoms with van der Waals surface area (Å²) in [6.07, 6.45) is -0.0111. The first-order valence-electron chi connectivity index (χ1n) is 8.64. The van der Waals surface area contributed by atoms with Crippen LogP contribution >= 0.6 is 11.6 Å². The van der Waals surface area contributed by atoms with Crippen molar-refractivity contribution in [2.24, 2.45) is 0 Å². The van der Waals surface area contributed by atoms with Crippen LogP contribution in [0.5, 0.6) is 5.75 Å². The standard InChI is InChI=1S/C21H20ClN3O3/c1-12-13(2)23-21(24-16-7-4-14(5-8-16)10-19(26)27)25-20(12)15-6-9-18(28-3)17(22)11-15/h4-9,11H,10H2,1-3H3,(H,26,27)(H,23,24,25). The van der Waals surface area contributed by atoms with Crippen molar-refractivity contribution in [3.8, 4) is 17.0 Å². The quantitative estimate of drug-likeness (QED) is 0.621. The SMILES string of the molecule is COc1ccc(-c2nc(Nc3ccc(CC(=O)O)cc3)nc(C)c2C)cc1Cl. The highest BCUT2D eigenvalue weighted by Gasteiger charge is 2.12. The Hall–Kier alpha value is -3.12. The number of hydrogen-bond acceptors (Lipinski definition) is 5. The smallest absolute Gasteiger partial charge is 0.307 e. The zero-order valence-corrected chi connectivity index (χ0v) is 16.5. The molecule has 0 bridgehead atoms. The van der Waals surface area contributed by atoms with E-state index in [0.29, 0.717) is 16.7 Å². The first-order valence-corrected chi connectivity index (χ1v) is 9.02. The topological polar surface area (TPSA) is 84.3 Å². The van der Waals surface area contributed by atoms with Gasteiger partial charge in [-0.25, -0.2) is 9.97 Å². The Balaban J connectivity index is 1.91. The number of ether oxygens (including phenoxy) is 1. The Bertz CT molecular complexity index is 1020. The Morgan fingerprint density at radius 3 is 2.46 bits per heavy atom. The molecule has 0 radical (unpaired) electrons. The van der Waals surface area contributed by atoms with Crippen LogP contribution in [0.2, 0.25) is 5.02 Å². The van der Waals surface area contributed by atoms with Crippen LogP contribution in [0.15, 0.2) is 42.5 Å². The molecule has 0 spiro atoms. The number of carboxylic acids is 1. The fourth-order valence-electron chi connectivity index (χ4n) is 2.79. The Kier molecular flexibility index (Phi) is 5.80. The van der Waals surface area contributed by atoms with Crippen molar-refractivity contribution in [2.45, 2.75) is 20.3 Å². The lowest BCUT2D eigenvalue weighted by Crippen LogP contribution is -2.04. The van der Waals surface area contributed by atoms with Crippen LogP contribution in [-0.4, -0.2) is 28.2 Å². The fourth-order valence-corrected chi connectivity index (χ4v) is 3.05. The fraction of sp³-hybridized carbons (Fsp3) is 0.190. The molecule has 28 heavy (non-hydrogen) atoms. The van der Waals surface area contributed by atoms with Gasteiger partial charge in [-0.2, -0.15) is 0 Å². The molecule has 2 N–H and O–H groups in total. The molecule has 3 aromatic rings. The summed E-state index contributed by atoms with van der Waals surface area (Å²) in [7, 11) is 1.57. The van der Waals surface area contributed by atoms with Crippen molar-refractivity contribution in [3.63, 3.8) is 0 Å². The van der Waals surface area contributed by atoms with Gasteiger partial charge in [-0.15, -0.1) is 0 Å². The normalized spacial score (nSPS) is 10.6. The molecule has 0 amide bonds. The predicted octanol–water partition coefficient (Wildman–Crippen LogP) is 4.79. The summed E-state index contributed by atoms with van der Waals surface area (Å²) >= 11 is 6.27. The number of nitrogens with zero attached hydrogens (tertiary/aromatic N) is 2. The maximum Gasteiger partial charge on any atom is 0.307 e. The van der Waals surface area contributed by atoms with E-state index in [0.717, 1.165) is 33.8 Å². The van der Waals surface area contributed by atoms with E-state index >= 15 is 0 Å². The minimum atomic E-state index is -0.860. The zero-order valence-electron chi connectivity index (χ0n) is 15.8. The summed E-state index contributed by atoms with van der Waals surface area (Å²) in [5.74, 6) is 0.200. The maximum atomic E-state index is 10.8. The molecule has 3 rings (SSSR count). The summed E-state index contributed by atoms with van der Waals surface area (Å²) in [4.78, 5) is 20.0. The third-order valence-corrected chi connectivity index (χ3v) is 4.68. The average molecular weight is 398 g/mol. The molecular formula is C21H20ClN3O3. The van der Waals surface area contributed by atoms with E-state index in [1.807, 2.05) is 32.0 Å². The summed E-state index contributed by atoms with van der Waals surface area (Å²) in [6, 6.07) is 12.7. The van der Waals surface area contributed by atoms with Gasteiger partial charge < -0.3 is 15.2 Å². The minimum Gasteiger partial charge on any atom is -0.495 e. The van der Waals surface area contributed by atoms with Crippen LogP contribution in [0.4, 0.5) is 11.6 Å². The molecule has 0 aliphatic rings. The van der Waals surface area contributed by atoms with Gasteiger partial charge in [0, 0.05) is 16.9 Å². The maximum absolute atomic E-state index is 10.8. The van der Waals surface area contributed by atoms with Gasteiger partial charge >= 0.3 is 5.97 Å². The molecule has 0 unspecified atom stereocenters. The van der Waals surface area contributed by atoms with Crippen molar-refractivity contribution in [1.29, 1.82) is 0 Å². The molecule has 0 saturated heterocycles. The first kappa shape index (κ1) is 19.6. The number of benzene rings is 2. The van der Waals surface area contributed by atoms with Crippen molar-refractivity contribution < 1.29 is 14.6 Å². The van der Waals surface area contributed by atoms with Crippen molar-refractivity contribution in [1.82, 2.24) is 9.97 Å². The molecule has 0 aliphatic carbocycles. The monoisotopic (exact) mass is 397 g/mol. The van der Waals surface area contributed by atoms with Gasteiger partial charge in [0.2, 0.25) is 5.95 Å². The number of carboxylic acid groups (broad SMARTS) is 1. The number of carbonyl (C=O) groups is 1. The molecule has 0 saturated carbocycles. The zero-order chi connectivity index (χ0) is 20.3.